The summed E-state index contributed by atoms with van der Waals surface area (Å²) in [5, 5.41) is 0.0936. The van der Waals surface area contributed by atoms with E-state index in [1.807, 2.05) is 28.8 Å². The molecular weight excluding hydrogens is 363 g/mol. The Kier molecular flexibility index (Phi) is 3.67. The fourth-order valence-electron chi connectivity index (χ4n) is 2.08. The van der Waals surface area contributed by atoms with Crippen LogP contribution in [0.3, 0.4) is 0 Å². The first-order valence-corrected chi connectivity index (χ1v) is 7.44. The smallest absolute Gasteiger partial charge is 0.178 e. The third-order valence-corrected chi connectivity index (χ3v) is 4.21. The van der Waals surface area contributed by atoms with Gasteiger partial charge in [-0.3, -0.25) is 0 Å². The minimum Gasteiger partial charge on any atom is -0.330 e. The van der Waals surface area contributed by atoms with Crippen molar-refractivity contribution in [3.8, 4) is 0 Å². The van der Waals surface area contributed by atoms with E-state index in [4.69, 9.17) is 23.8 Å². The number of aromatic amines is 1. The Morgan fingerprint density at radius 1 is 1.25 bits per heavy atom. The molecule has 3 rings (SSSR count). The van der Waals surface area contributed by atoms with E-state index in [1.165, 1.54) is 6.07 Å². The number of nitrogens with one attached hydrogen (secondary N) is 1. The molecule has 1 N–H and O–H groups in total. The van der Waals surface area contributed by atoms with Gasteiger partial charge in [-0.05, 0) is 36.0 Å². The van der Waals surface area contributed by atoms with Crippen LogP contribution in [0.5, 0.6) is 0 Å². The summed E-state index contributed by atoms with van der Waals surface area (Å²) in [4.78, 5) is 3.00. The van der Waals surface area contributed by atoms with Crippen molar-refractivity contribution in [3.63, 3.8) is 0 Å². The Bertz CT molecular complexity index is 839. The number of aromatic nitrogens is 2. The maximum Gasteiger partial charge on any atom is 0.178 e. The molecule has 0 bridgehead atoms. The predicted octanol–water partition coefficient (Wildman–Crippen LogP) is 5.30. The molecule has 1 heterocycles. The van der Waals surface area contributed by atoms with E-state index in [-0.39, 0.29) is 5.02 Å². The van der Waals surface area contributed by atoms with Crippen molar-refractivity contribution in [1.29, 1.82) is 0 Å². The topological polar surface area (TPSA) is 20.7 Å². The molecule has 0 saturated carbocycles. The number of imidazole rings is 1. The highest BCUT2D eigenvalue weighted by Crippen LogP contribution is 2.23. The van der Waals surface area contributed by atoms with Crippen molar-refractivity contribution in [2.45, 2.75) is 6.54 Å². The Balaban J connectivity index is 2.11. The number of H-pyrrole nitrogens is 1. The van der Waals surface area contributed by atoms with Crippen LogP contribution in [0.2, 0.25) is 5.02 Å². The summed E-state index contributed by atoms with van der Waals surface area (Å²) in [6.07, 6.45) is 0. The summed E-state index contributed by atoms with van der Waals surface area (Å²) >= 11 is 14.5. The molecule has 0 saturated heterocycles. The highest BCUT2D eigenvalue weighted by molar-refractivity contribution is 9.10. The van der Waals surface area contributed by atoms with Gasteiger partial charge in [-0.1, -0.05) is 39.7 Å². The molecule has 0 aliphatic carbocycles. The second kappa shape index (κ2) is 5.31. The molecule has 0 amide bonds. The third-order valence-electron chi connectivity index (χ3n) is 3.07. The van der Waals surface area contributed by atoms with E-state index in [2.05, 4.69) is 20.9 Å². The largest absolute Gasteiger partial charge is 0.330 e. The van der Waals surface area contributed by atoms with E-state index < -0.39 is 5.82 Å². The monoisotopic (exact) mass is 370 g/mol. The first-order valence-electron chi connectivity index (χ1n) is 5.86. The fraction of sp³-hybridized carbons (Fsp3) is 0.0714. The maximum atomic E-state index is 13.5. The SMILES string of the molecule is Fc1cc2[nH]c(=S)n(Cc3ccc(Br)cc3)c2cc1Cl. The van der Waals surface area contributed by atoms with Crippen LogP contribution < -0.4 is 0 Å². The zero-order valence-corrected chi connectivity index (χ0v) is 13.3. The predicted molar refractivity (Wildman–Crippen MR) is 85.3 cm³/mol. The molecule has 102 valence electrons. The van der Waals surface area contributed by atoms with Crippen LogP contribution in [0.25, 0.3) is 11.0 Å². The molecule has 2 aromatic carbocycles. The lowest BCUT2D eigenvalue weighted by molar-refractivity contribution is 0.629. The molecule has 0 fully saturated rings. The van der Waals surface area contributed by atoms with E-state index in [0.29, 0.717) is 16.8 Å². The van der Waals surface area contributed by atoms with E-state index in [9.17, 15) is 4.39 Å². The molecule has 3 aromatic rings. The second-order valence-corrected chi connectivity index (χ2v) is 6.14. The quantitative estimate of drug-likeness (QED) is 0.606. The molecule has 20 heavy (non-hydrogen) atoms. The van der Waals surface area contributed by atoms with Gasteiger partial charge in [-0.15, -0.1) is 0 Å². The Hall–Kier alpha value is -1.17. The number of nitrogens with zero attached hydrogens (tertiary/aromatic N) is 1. The number of fused-ring (bicyclic) bond motifs is 1. The summed E-state index contributed by atoms with van der Waals surface area (Å²) in [7, 11) is 0. The average Bonchev–Trinajstić information content (AvgIpc) is 2.69. The molecule has 0 spiro atoms. The minimum absolute atomic E-state index is 0.0936. The minimum atomic E-state index is -0.453. The van der Waals surface area contributed by atoms with Crippen LogP contribution in [-0.4, -0.2) is 9.55 Å². The van der Waals surface area contributed by atoms with Gasteiger partial charge in [0.2, 0.25) is 0 Å². The number of rotatable bonds is 2. The summed E-state index contributed by atoms with van der Waals surface area (Å²) < 4.78 is 16.9. The molecule has 6 heteroatoms. The van der Waals surface area contributed by atoms with Crippen molar-refractivity contribution in [2.75, 3.05) is 0 Å². The lowest BCUT2D eigenvalue weighted by atomic mass is 10.2. The maximum absolute atomic E-state index is 13.5. The molecule has 0 unspecified atom stereocenters. The van der Waals surface area contributed by atoms with Gasteiger partial charge in [-0.2, -0.15) is 0 Å². The average molecular weight is 372 g/mol. The van der Waals surface area contributed by atoms with Gasteiger partial charge in [0.25, 0.3) is 0 Å². The zero-order chi connectivity index (χ0) is 14.3. The highest BCUT2D eigenvalue weighted by Gasteiger charge is 2.09. The molecular formula is C14H9BrClFN2S. The number of hydrogen-bond acceptors (Lipinski definition) is 1. The molecule has 0 aliphatic heterocycles. The van der Waals surface area contributed by atoms with Crippen LogP contribution in [0.15, 0.2) is 40.9 Å². The van der Waals surface area contributed by atoms with E-state index in [1.54, 1.807) is 6.07 Å². The van der Waals surface area contributed by atoms with Crippen LogP contribution in [0, 0.1) is 10.6 Å². The normalized spacial score (nSPS) is 11.2. The Morgan fingerprint density at radius 2 is 1.95 bits per heavy atom. The van der Waals surface area contributed by atoms with Gasteiger partial charge in [0.05, 0.1) is 22.6 Å². The number of halogens is 3. The van der Waals surface area contributed by atoms with Crippen molar-refractivity contribution in [3.05, 3.63) is 62.0 Å². The summed E-state index contributed by atoms with van der Waals surface area (Å²) in [5.41, 5.74) is 2.55. The van der Waals surface area contributed by atoms with Gasteiger partial charge < -0.3 is 9.55 Å². The standard InChI is InChI=1S/C14H9BrClFN2S/c15-9-3-1-8(2-4-9)7-19-13-5-10(16)11(17)6-12(13)18-14(19)20/h1-6H,7H2,(H,18,20). The van der Waals surface area contributed by atoms with Crippen molar-refractivity contribution in [2.24, 2.45) is 0 Å². The fourth-order valence-corrected chi connectivity index (χ4v) is 2.78. The molecule has 1 aromatic heterocycles. The van der Waals surface area contributed by atoms with Crippen LogP contribution in [-0.2, 0) is 6.54 Å². The molecule has 2 nitrogen and oxygen atoms in total. The van der Waals surface area contributed by atoms with Crippen LogP contribution >= 0.6 is 39.7 Å². The molecule has 0 atom stereocenters. The lowest BCUT2D eigenvalue weighted by Gasteiger charge is -2.05. The number of benzene rings is 2. The van der Waals surface area contributed by atoms with Gasteiger partial charge in [0, 0.05) is 10.5 Å². The van der Waals surface area contributed by atoms with Crippen LogP contribution in [0.4, 0.5) is 4.39 Å². The molecule has 0 radical (unpaired) electrons. The lowest BCUT2D eigenvalue weighted by Crippen LogP contribution is -1.99. The molecule has 0 aliphatic rings. The van der Waals surface area contributed by atoms with Gasteiger partial charge >= 0.3 is 0 Å². The summed E-state index contributed by atoms with van der Waals surface area (Å²) in [6.45, 7) is 0.605. The first-order chi connectivity index (χ1) is 9.54. The van der Waals surface area contributed by atoms with Gasteiger partial charge in [0.1, 0.15) is 5.82 Å². The van der Waals surface area contributed by atoms with Crippen molar-refractivity contribution >= 4 is 50.8 Å². The summed E-state index contributed by atoms with van der Waals surface area (Å²) in [6, 6.07) is 10.9. The van der Waals surface area contributed by atoms with Crippen molar-refractivity contribution < 1.29 is 4.39 Å². The van der Waals surface area contributed by atoms with E-state index in [0.717, 1.165) is 15.6 Å². The zero-order valence-electron chi connectivity index (χ0n) is 10.2. The Morgan fingerprint density at radius 3 is 2.65 bits per heavy atom. The Labute approximate surface area is 133 Å². The summed E-state index contributed by atoms with van der Waals surface area (Å²) in [5.74, 6) is -0.453. The number of hydrogen-bond donors (Lipinski definition) is 1. The van der Waals surface area contributed by atoms with Gasteiger partial charge in [-0.25, -0.2) is 4.39 Å². The van der Waals surface area contributed by atoms with Crippen molar-refractivity contribution in [1.82, 2.24) is 9.55 Å². The van der Waals surface area contributed by atoms with Crippen LogP contribution in [0.1, 0.15) is 5.56 Å². The second-order valence-electron chi connectivity index (χ2n) is 4.43. The third kappa shape index (κ3) is 2.53. The van der Waals surface area contributed by atoms with Gasteiger partial charge in [0.15, 0.2) is 4.77 Å². The first kappa shape index (κ1) is 13.8. The highest BCUT2D eigenvalue weighted by atomic mass is 79.9. The van der Waals surface area contributed by atoms with E-state index >= 15 is 0 Å².